The normalized spacial score (nSPS) is 14.8. The van der Waals surface area contributed by atoms with Crippen LogP contribution in [0, 0.1) is 5.82 Å². The smallest absolute Gasteiger partial charge is 0.271 e. The molecule has 2 N–H and O–H groups in total. The summed E-state index contributed by atoms with van der Waals surface area (Å²) >= 11 is 6.88. The fraction of sp³-hybridized carbons (Fsp3) is 0.261. The molecule has 1 aromatic heterocycles. The maximum atomic E-state index is 13.3. The molecular weight excluding hydrogens is 451 g/mol. The average Bonchev–Trinajstić information content (AvgIpc) is 3.26. The van der Waals surface area contributed by atoms with E-state index in [2.05, 4.69) is 32.7 Å². The molecule has 166 valence electrons. The molecule has 0 spiro atoms. The maximum absolute atomic E-state index is 13.3. The number of halogens is 2. The Kier molecular flexibility index (Phi) is 7.14. The second kappa shape index (κ2) is 10.2. The first-order valence-corrected chi connectivity index (χ1v) is 11.5. The van der Waals surface area contributed by atoms with Crippen molar-refractivity contribution in [3.05, 3.63) is 81.6 Å². The second-order valence-electron chi connectivity index (χ2n) is 7.63. The van der Waals surface area contributed by atoms with Gasteiger partial charge in [-0.3, -0.25) is 19.8 Å². The van der Waals surface area contributed by atoms with Crippen LogP contribution in [0.15, 0.2) is 53.9 Å². The minimum atomic E-state index is -0.595. The summed E-state index contributed by atoms with van der Waals surface area (Å²) in [5.74, 6) is -1.32. The molecule has 2 amide bonds. The summed E-state index contributed by atoms with van der Waals surface area (Å²) in [6.45, 7) is 2.74. The summed E-state index contributed by atoms with van der Waals surface area (Å²) in [6, 6.07) is 14.1. The zero-order valence-electron chi connectivity index (χ0n) is 17.2. The van der Waals surface area contributed by atoms with Gasteiger partial charge in [-0.15, -0.1) is 11.3 Å². The summed E-state index contributed by atoms with van der Waals surface area (Å²) in [4.78, 5) is 31.5. The van der Waals surface area contributed by atoms with Crippen molar-refractivity contribution in [2.75, 3.05) is 18.4 Å². The van der Waals surface area contributed by atoms with Crippen LogP contribution in [0.25, 0.3) is 0 Å². The van der Waals surface area contributed by atoms with Gasteiger partial charge in [0, 0.05) is 36.6 Å². The molecule has 3 aromatic rings. The van der Waals surface area contributed by atoms with Crippen LogP contribution in [0.5, 0.6) is 0 Å². The maximum Gasteiger partial charge on any atom is 0.271 e. The molecule has 0 saturated carbocycles. The number of nitrogens with one attached hydrogen (secondary N) is 2. The fourth-order valence-corrected chi connectivity index (χ4v) is 4.44. The van der Waals surface area contributed by atoms with Crippen molar-refractivity contribution in [1.29, 1.82) is 0 Å². The Morgan fingerprint density at radius 3 is 2.59 bits per heavy atom. The number of amides is 2. The highest BCUT2D eigenvalue weighted by atomic mass is 35.5. The number of nitrogens with zero attached hydrogens (tertiary/aromatic N) is 2. The highest BCUT2D eigenvalue weighted by Crippen LogP contribution is 2.20. The van der Waals surface area contributed by atoms with Gasteiger partial charge in [-0.05, 0) is 36.6 Å². The Morgan fingerprint density at radius 1 is 1.12 bits per heavy atom. The number of anilines is 1. The first kappa shape index (κ1) is 22.4. The molecule has 1 aliphatic rings. The number of aromatic nitrogens is 1. The highest BCUT2D eigenvalue weighted by molar-refractivity contribution is 7.14. The van der Waals surface area contributed by atoms with Gasteiger partial charge in [0.1, 0.15) is 11.5 Å². The van der Waals surface area contributed by atoms with Crippen LogP contribution in [0.3, 0.4) is 0 Å². The van der Waals surface area contributed by atoms with E-state index in [1.807, 2.05) is 18.2 Å². The molecule has 2 aromatic carbocycles. The van der Waals surface area contributed by atoms with E-state index < -0.39 is 11.7 Å². The number of hydrogen-bond donors (Lipinski definition) is 2. The van der Waals surface area contributed by atoms with Gasteiger partial charge in [-0.25, -0.2) is 9.37 Å². The second-order valence-corrected chi connectivity index (χ2v) is 8.90. The molecule has 32 heavy (non-hydrogen) atoms. The lowest BCUT2D eigenvalue weighted by molar-refractivity contribution is 0.0903. The number of piperidine rings is 1. The number of likely N-dealkylation sites (tertiary alicyclic amines) is 1. The lowest BCUT2D eigenvalue weighted by Crippen LogP contribution is -2.44. The summed E-state index contributed by atoms with van der Waals surface area (Å²) in [5, 5.41) is 7.41. The fourth-order valence-electron chi connectivity index (χ4n) is 3.58. The minimum Gasteiger partial charge on any atom is -0.348 e. The van der Waals surface area contributed by atoms with E-state index in [4.69, 9.17) is 11.6 Å². The van der Waals surface area contributed by atoms with Crippen LogP contribution in [0.2, 0.25) is 5.02 Å². The molecule has 1 aliphatic heterocycles. The van der Waals surface area contributed by atoms with Gasteiger partial charge >= 0.3 is 0 Å². The number of carbonyl (C=O) groups excluding carboxylic acids is 2. The third kappa shape index (κ3) is 5.70. The number of carbonyl (C=O) groups is 2. The lowest BCUT2D eigenvalue weighted by atomic mass is 10.0. The SMILES string of the molecule is O=C(Nc1nc(C(=O)NC2CCN(Cc3ccccc3)CC2)cs1)c1ccc(F)c(Cl)c1. The molecule has 0 atom stereocenters. The van der Waals surface area contributed by atoms with Crippen molar-refractivity contribution < 1.29 is 14.0 Å². The molecule has 4 rings (SSSR count). The van der Waals surface area contributed by atoms with E-state index in [-0.39, 0.29) is 28.2 Å². The first-order chi connectivity index (χ1) is 15.5. The van der Waals surface area contributed by atoms with Crippen LogP contribution >= 0.6 is 22.9 Å². The molecule has 1 saturated heterocycles. The van der Waals surface area contributed by atoms with E-state index in [0.29, 0.717) is 5.13 Å². The van der Waals surface area contributed by atoms with Crippen molar-refractivity contribution in [2.24, 2.45) is 0 Å². The van der Waals surface area contributed by atoms with E-state index in [1.54, 1.807) is 5.38 Å². The predicted molar refractivity (Wildman–Crippen MR) is 124 cm³/mol. The van der Waals surface area contributed by atoms with E-state index in [0.717, 1.165) is 49.9 Å². The van der Waals surface area contributed by atoms with Crippen molar-refractivity contribution in [3.63, 3.8) is 0 Å². The molecule has 9 heteroatoms. The minimum absolute atomic E-state index is 0.0932. The van der Waals surface area contributed by atoms with Gasteiger partial charge < -0.3 is 5.32 Å². The Bertz CT molecular complexity index is 1100. The van der Waals surface area contributed by atoms with E-state index in [1.165, 1.54) is 17.7 Å². The van der Waals surface area contributed by atoms with Crippen molar-refractivity contribution in [1.82, 2.24) is 15.2 Å². The van der Waals surface area contributed by atoms with E-state index in [9.17, 15) is 14.0 Å². The first-order valence-electron chi connectivity index (χ1n) is 10.3. The quantitative estimate of drug-likeness (QED) is 0.550. The lowest BCUT2D eigenvalue weighted by Gasteiger charge is -2.32. The summed E-state index contributed by atoms with van der Waals surface area (Å²) in [7, 11) is 0. The summed E-state index contributed by atoms with van der Waals surface area (Å²) in [5.41, 5.74) is 1.75. The molecule has 0 radical (unpaired) electrons. The standard InChI is InChI=1S/C23H22ClFN4O2S/c24-18-12-16(6-7-19(18)25)21(30)28-23-27-20(14-32-23)22(31)26-17-8-10-29(11-9-17)13-15-4-2-1-3-5-15/h1-7,12,14,17H,8-11,13H2,(H,26,31)(H,27,28,30). The van der Waals surface area contributed by atoms with Gasteiger partial charge in [-0.2, -0.15) is 0 Å². The Hall–Kier alpha value is -2.81. The van der Waals surface area contributed by atoms with Crippen LogP contribution in [-0.4, -0.2) is 40.8 Å². The molecule has 0 bridgehead atoms. The van der Waals surface area contributed by atoms with Crippen molar-refractivity contribution in [3.8, 4) is 0 Å². The van der Waals surface area contributed by atoms with Crippen LogP contribution in [-0.2, 0) is 6.54 Å². The number of thiazole rings is 1. The average molecular weight is 473 g/mol. The summed E-state index contributed by atoms with van der Waals surface area (Å²) in [6.07, 6.45) is 1.75. The largest absolute Gasteiger partial charge is 0.348 e. The van der Waals surface area contributed by atoms with Crippen LogP contribution < -0.4 is 10.6 Å². The zero-order valence-corrected chi connectivity index (χ0v) is 18.8. The number of rotatable bonds is 6. The number of hydrogen-bond acceptors (Lipinski definition) is 5. The van der Waals surface area contributed by atoms with Crippen LogP contribution in [0.4, 0.5) is 9.52 Å². The van der Waals surface area contributed by atoms with Crippen LogP contribution in [0.1, 0.15) is 39.3 Å². The molecule has 2 heterocycles. The third-order valence-corrected chi connectivity index (χ3v) is 6.36. The Morgan fingerprint density at radius 2 is 1.88 bits per heavy atom. The molecule has 1 fully saturated rings. The molecule has 0 aliphatic carbocycles. The third-order valence-electron chi connectivity index (χ3n) is 5.31. The molecular formula is C23H22ClFN4O2S. The van der Waals surface area contributed by atoms with Gasteiger partial charge in [0.25, 0.3) is 11.8 Å². The Labute approximate surface area is 194 Å². The van der Waals surface area contributed by atoms with Gasteiger partial charge in [0.15, 0.2) is 5.13 Å². The van der Waals surface area contributed by atoms with Gasteiger partial charge in [0.05, 0.1) is 5.02 Å². The Balaban J connectivity index is 1.27. The summed E-state index contributed by atoms with van der Waals surface area (Å²) < 4.78 is 13.3. The van der Waals surface area contributed by atoms with E-state index >= 15 is 0 Å². The topological polar surface area (TPSA) is 74.3 Å². The van der Waals surface area contributed by atoms with Crippen molar-refractivity contribution >= 4 is 39.9 Å². The molecule has 6 nitrogen and oxygen atoms in total. The highest BCUT2D eigenvalue weighted by Gasteiger charge is 2.22. The predicted octanol–water partition coefficient (Wildman–Crippen LogP) is 4.58. The zero-order chi connectivity index (χ0) is 22.5. The monoisotopic (exact) mass is 472 g/mol. The van der Waals surface area contributed by atoms with Gasteiger partial charge in [0.2, 0.25) is 0 Å². The molecule has 0 unspecified atom stereocenters. The van der Waals surface area contributed by atoms with Crippen molar-refractivity contribution in [2.45, 2.75) is 25.4 Å². The number of benzene rings is 2. The van der Waals surface area contributed by atoms with Gasteiger partial charge in [-0.1, -0.05) is 41.9 Å².